The third-order valence-electron chi connectivity index (χ3n) is 2.49. The quantitative estimate of drug-likeness (QED) is 0.799. The first-order valence-corrected chi connectivity index (χ1v) is 5.36. The molecule has 1 fully saturated rings. The molecule has 1 saturated carbocycles. The van der Waals surface area contributed by atoms with Crippen LogP contribution in [0.1, 0.15) is 25.0 Å². The Hall–Kier alpha value is -0.900. The van der Waals surface area contributed by atoms with Crippen molar-refractivity contribution in [3.05, 3.63) is 11.1 Å². The summed E-state index contributed by atoms with van der Waals surface area (Å²) in [5.41, 5.74) is 6.31. The van der Waals surface area contributed by atoms with E-state index in [1.165, 1.54) is 17.8 Å². The van der Waals surface area contributed by atoms with Crippen LogP contribution in [-0.4, -0.2) is 10.8 Å². The van der Waals surface area contributed by atoms with Gasteiger partial charge in [-0.15, -0.1) is 11.3 Å². The fraction of sp³-hybridized carbons (Fsp3) is 0.556. The lowest BCUT2D eigenvalue weighted by Gasteiger charge is -2.23. The van der Waals surface area contributed by atoms with E-state index < -0.39 is 0 Å². The summed E-state index contributed by atoms with van der Waals surface area (Å²) in [5.74, 6) is 0.638. The summed E-state index contributed by atoms with van der Waals surface area (Å²) in [7, 11) is 0. The number of carbonyl (C=O) groups is 1. The minimum absolute atomic E-state index is 0.308. The van der Waals surface area contributed by atoms with Crippen molar-refractivity contribution in [3.8, 4) is 0 Å². The molecule has 4 heteroatoms. The Morgan fingerprint density at radius 2 is 2.46 bits per heavy atom. The number of hydrogen-bond donors (Lipinski definition) is 1. The van der Waals surface area contributed by atoms with E-state index in [1.54, 1.807) is 0 Å². The highest BCUT2D eigenvalue weighted by molar-refractivity contribution is 7.13. The predicted molar refractivity (Wildman–Crippen MR) is 52.6 cm³/mol. The zero-order valence-electron chi connectivity index (χ0n) is 7.32. The molecule has 0 amide bonds. The second kappa shape index (κ2) is 3.46. The molecular weight excluding hydrogens is 184 g/mol. The molecule has 3 nitrogen and oxygen atoms in total. The van der Waals surface area contributed by atoms with Crippen molar-refractivity contribution >= 4 is 22.3 Å². The van der Waals surface area contributed by atoms with Gasteiger partial charge in [-0.2, -0.15) is 0 Å². The highest BCUT2D eigenvalue weighted by Crippen LogP contribution is 2.28. The number of nitrogens with zero attached hydrogens (tertiary/aromatic N) is 1. The SMILES string of the molecule is Nc1nc(CC(=O)C2CCC2)cs1. The molecule has 1 aromatic rings. The van der Waals surface area contributed by atoms with Crippen LogP contribution in [0.4, 0.5) is 5.13 Å². The van der Waals surface area contributed by atoms with E-state index in [9.17, 15) is 4.79 Å². The monoisotopic (exact) mass is 196 g/mol. The van der Waals surface area contributed by atoms with E-state index in [2.05, 4.69) is 4.98 Å². The lowest BCUT2D eigenvalue weighted by Crippen LogP contribution is -2.23. The van der Waals surface area contributed by atoms with E-state index in [-0.39, 0.29) is 0 Å². The topological polar surface area (TPSA) is 56.0 Å². The number of carbonyl (C=O) groups excluding carboxylic acids is 1. The van der Waals surface area contributed by atoms with Gasteiger partial charge in [0.05, 0.1) is 5.69 Å². The van der Waals surface area contributed by atoms with E-state index >= 15 is 0 Å². The molecule has 13 heavy (non-hydrogen) atoms. The maximum atomic E-state index is 11.5. The Bertz CT molecular complexity index is 317. The molecule has 1 heterocycles. The molecule has 0 unspecified atom stereocenters. The third-order valence-corrected chi connectivity index (χ3v) is 3.21. The average Bonchev–Trinajstić information content (AvgIpc) is 2.31. The summed E-state index contributed by atoms with van der Waals surface area (Å²) < 4.78 is 0. The molecule has 1 aliphatic carbocycles. The van der Waals surface area contributed by atoms with Crippen molar-refractivity contribution in [2.75, 3.05) is 5.73 Å². The van der Waals surface area contributed by atoms with Crippen molar-refractivity contribution in [1.29, 1.82) is 0 Å². The Kier molecular flexibility index (Phi) is 2.31. The van der Waals surface area contributed by atoms with Gasteiger partial charge in [0.2, 0.25) is 0 Å². The number of aromatic nitrogens is 1. The predicted octanol–water partition coefficient (Wildman–Crippen LogP) is 1.64. The van der Waals surface area contributed by atoms with Crippen LogP contribution in [0.15, 0.2) is 5.38 Å². The number of hydrogen-bond acceptors (Lipinski definition) is 4. The van der Waals surface area contributed by atoms with Crippen molar-refractivity contribution in [1.82, 2.24) is 4.98 Å². The number of thiazole rings is 1. The van der Waals surface area contributed by atoms with E-state index in [0.29, 0.717) is 23.3 Å². The van der Waals surface area contributed by atoms with E-state index in [1.807, 2.05) is 5.38 Å². The maximum absolute atomic E-state index is 11.5. The Morgan fingerprint density at radius 3 is 2.92 bits per heavy atom. The molecular formula is C9H12N2OS. The minimum atomic E-state index is 0.308. The van der Waals surface area contributed by atoms with Crippen LogP contribution in [-0.2, 0) is 11.2 Å². The largest absolute Gasteiger partial charge is 0.375 e. The summed E-state index contributed by atoms with van der Waals surface area (Å²) in [6.45, 7) is 0. The summed E-state index contributed by atoms with van der Waals surface area (Å²) in [6, 6.07) is 0. The number of anilines is 1. The van der Waals surface area contributed by atoms with Gasteiger partial charge >= 0.3 is 0 Å². The van der Waals surface area contributed by atoms with Crippen molar-refractivity contribution in [2.45, 2.75) is 25.7 Å². The van der Waals surface area contributed by atoms with Crippen LogP contribution in [0, 0.1) is 5.92 Å². The lowest BCUT2D eigenvalue weighted by molar-refractivity contribution is -0.124. The van der Waals surface area contributed by atoms with Crippen molar-refractivity contribution in [3.63, 3.8) is 0 Å². The molecule has 0 radical (unpaired) electrons. The van der Waals surface area contributed by atoms with Crippen LogP contribution >= 0.6 is 11.3 Å². The molecule has 0 aromatic carbocycles. The smallest absolute Gasteiger partial charge is 0.180 e. The highest BCUT2D eigenvalue weighted by atomic mass is 32.1. The van der Waals surface area contributed by atoms with E-state index in [4.69, 9.17) is 5.73 Å². The van der Waals surface area contributed by atoms with Crippen LogP contribution in [0.3, 0.4) is 0 Å². The van der Waals surface area contributed by atoms with Gasteiger partial charge in [-0.05, 0) is 12.8 Å². The van der Waals surface area contributed by atoms with Gasteiger partial charge in [0, 0.05) is 17.7 Å². The minimum Gasteiger partial charge on any atom is -0.375 e. The normalized spacial score (nSPS) is 16.9. The number of nitrogens with two attached hydrogens (primary N) is 1. The first kappa shape index (κ1) is 8.69. The molecule has 2 rings (SSSR count). The van der Waals surface area contributed by atoms with Gasteiger partial charge < -0.3 is 5.73 Å². The van der Waals surface area contributed by atoms with Crippen molar-refractivity contribution in [2.24, 2.45) is 5.92 Å². The number of rotatable bonds is 3. The zero-order valence-corrected chi connectivity index (χ0v) is 8.14. The number of nitrogen functional groups attached to an aromatic ring is 1. The van der Waals surface area contributed by atoms with Crippen LogP contribution in [0.25, 0.3) is 0 Å². The zero-order chi connectivity index (χ0) is 9.26. The van der Waals surface area contributed by atoms with Gasteiger partial charge in [-0.3, -0.25) is 4.79 Å². The maximum Gasteiger partial charge on any atom is 0.180 e. The van der Waals surface area contributed by atoms with Gasteiger partial charge in [-0.1, -0.05) is 6.42 Å². The van der Waals surface area contributed by atoms with Crippen LogP contribution in [0.2, 0.25) is 0 Å². The summed E-state index contributed by atoms with van der Waals surface area (Å²) in [6.07, 6.45) is 3.81. The summed E-state index contributed by atoms with van der Waals surface area (Å²) in [5, 5.41) is 2.42. The summed E-state index contributed by atoms with van der Waals surface area (Å²) in [4.78, 5) is 15.6. The Labute approximate surface area is 81.0 Å². The summed E-state index contributed by atoms with van der Waals surface area (Å²) >= 11 is 1.40. The van der Waals surface area contributed by atoms with Gasteiger partial charge in [0.15, 0.2) is 5.13 Å². The molecule has 0 aliphatic heterocycles. The van der Waals surface area contributed by atoms with Crippen molar-refractivity contribution < 1.29 is 4.79 Å². The van der Waals surface area contributed by atoms with Gasteiger partial charge in [0.1, 0.15) is 5.78 Å². The van der Waals surface area contributed by atoms with Gasteiger partial charge in [0.25, 0.3) is 0 Å². The first-order chi connectivity index (χ1) is 6.25. The van der Waals surface area contributed by atoms with Crippen LogP contribution < -0.4 is 5.73 Å². The average molecular weight is 196 g/mol. The Balaban J connectivity index is 1.93. The van der Waals surface area contributed by atoms with Crippen LogP contribution in [0.5, 0.6) is 0 Å². The molecule has 70 valence electrons. The molecule has 0 bridgehead atoms. The second-order valence-electron chi connectivity index (χ2n) is 3.45. The third kappa shape index (κ3) is 1.88. The Morgan fingerprint density at radius 1 is 1.69 bits per heavy atom. The first-order valence-electron chi connectivity index (χ1n) is 4.48. The number of ketones is 1. The fourth-order valence-corrected chi connectivity index (χ4v) is 2.02. The molecule has 2 N–H and O–H groups in total. The number of Topliss-reactive ketones (excluding diaryl/α,β-unsaturated/α-hetero) is 1. The molecule has 0 atom stereocenters. The standard InChI is InChI=1S/C9H12N2OS/c10-9-11-7(5-13-9)4-8(12)6-2-1-3-6/h5-6H,1-4H2,(H2,10,11). The second-order valence-corrected chi connectivity index (χ2v) is 4.34. The highest BCUT2D eigenvalue weighted by Gasteiger charge is 2.25. The van der Waals surface area contributed by atoms with Gasteiger partial charge in [-0.25, -0.2) is 4.98 Å². The van der Waals surface area contributed by atoms with E-state index in [0.717, 1.165) is 18.5 Å². The lowest BCUT2D eigenvalue weighted by atomic mass is 9.81. The molecule has 1 aliphatic rings. The molecule has 1 aromatic heterocycles. The fourth-order valence-electron chi connectivity index (χ4n) is 1.46. The molecule has 0 spiro atoms. The molecule has 0 saturated heterocycles.